The minimum Gasteiger partial charge on any atom is -0.487 e. The van der Waals surface area contributed by atoms with E-state index >= 15 is 0 Å². The van der Waals surface area contributed by atoms with Gasteiger partial charge >= 0.3 is 0 Å². The van der Waals surface area contributed by atoms with E-state index in [0.29, 0.717) is 5.56 Å². The molecule has 0 aromatic heterocycles. The fourth-order valence-electron chi connectivity index (χ4n) is 1.50. The first kappa shape index (κ1) is 9.06. The highest BCUT2D eigenvalue weighted by atomic mass is 16.5. The number of hydrogen-bond donors (Lipinski definition) is 1. The number of carbonyl (C=O) groups excluding carboxylic acids is 1. The molecule has 1 N–H and O–H groups in total. The van der Waals surface area contributed by atoms with Gasteiger partial charge in [0.25, 0.3) is 0 Å². The van der Waals surface area contributed by atoms with Gasteiger partial charge < -0.3 is 10.1 Å². The molecule has 74 valence electrons. The zero-order valence-electron chi connectivity index (χ0n) is 8.33. The molecule has 3 heteroatoms. The summed E-state index contributed by atoms with van der Waals surface area (Å²) in [6.45, 7) is 4.37. The number of Topliss-reactive ketones (excluding diaryl/α,β-unsaturated/α-hetero) is 1. The molecule has 0 bridgehead atoms. The second-order valence-electron chi connectivity index (χ2n) is 3.58. The summed E-state index contributed by atoms with van der Waals surface area (Å²) >= 11 is 0. The summed E-state index contributed by atoms with van der Waals surface area (Å²) < 4.78 is 5.61. The van der Waals surface area contributed by atoms with Crippen LogP contribution in [0.15, 0.2) is 18.2 Å². The second-order valence-corrected chi connectivity index (χ2v) is 3.58. The van der Waals surface area contributed by atoms with Crippen molar-refractivity contribution in [3.8, 4) is 5.75 Å². The van der Waals surface area contributed by atoms with Gasteiger partial charge in [-0.15, -0.1) is 0 Å². The van der Waals surface area contributed by atoms with Crippen LogP contribution >= 0.6 is 0 Å². The molecule has 1 aliphatic heterocycles. The predicted octanol–water partition coefficient (Wildman–Crippen LogP) is 2.08. The Morgan fingerprint density at radius 2 is 2.36 bits per heavy atom. The lowest BCUT2D eigenvalue weighted by Crippen LogP contribution is -2.27. The molecule has 1 atom stereocenters. The average molecular weight is 191 g/mol. The number of hydrogen-bond acceptors (Lipinski definition) is 3. The van der Waals surface area contributed by atoms with Crippen molar-refractivity contribution in [2.24, 2.45) is 0 Å². The molecule has 3 nitrogen and oxygen atoms in total. The average Bonchev–Trinajstić information content (AvgIpc) is 2.16. The largest absolute Gasteiger partial charge is 0.487 e. The van der Waals surface area contributed by atoms with E-state index in [0.717, 1.165) is 18.0 Å². The second kappa shape index (κ2) is 3.33. The molecule has 1 aromatic carbocycles. The fraction of sp³-hybridized carbons (Fsp3) is 0.364. The van der Waals surface area contributed by atoms with Gasteiger partial charge in [-0.3, -0.25) is 4.79 Å². The Balaban J connectivity index is 2.37. The molecular weight excluding hydrogens is 178 g/mol. The summed E-state index contributed by atoms with van der Waals surface area (Å²) in [7, 11) is 0. The van der Waals surface area contributed by atoms with Gasteiger partial charge in [0.05, 0.1) is 12.2 Å². The quantitative estimate of drug-likeness (QED) is 0.691. The standard InChI is InChI=1S/C11H13NO2/c1-7-6-12-10-4-3-9(8(2)13)5-11(10)14-7/h3-5,7,12H,6H2,1-2H3. The molecule has 0 saturated carbocycles. The lowest BCUT2D eigenvalue weighted by molar-refractivity contribution is 0.101. The number of carbonyl (C=O) groups is 1. The summed E-state index contributed by atoms with van der Waals surface area (Å²) in [5, 5.41) is 3.24. The minimum absolute atomic E-state index is 0.0645. The van der Waals surface area contributed by atoms with Gasteiger partial charge in [-0.25, -0.2) is 0 Å². The van der Waals surface area contributed by atoms with Gasteiger partial charge in [-0.1, -0.05) is 0 Å². The zero-order valence-corrected chi connectivity index (χ0v) is 8.33. The predicted molar refractivity (Wildman–Crippen MR) is 55.0 cm³/mol. The van der Waals surface area contributed by atoms with Crippen LogP contribution in [0.3, 0.4) is 0 Å². The Bertz CT molecular complexity index is 374. The van der Waals surface area contributed by atoms with E-state index in [9.17, 15) is 4.79 Å². The summed E-state index contributed by atoms with van der Waals surface area (Å²) in [5.41, 5.74) is 1.66. The maximum Gasteiger partial charge on any atom is 0.159 e. The van der Waals surface area contributed by atoms with E-state index in [2.05, 4.69) is 5.32 Å². The van der Waals surface area contributed by atoms with Crippen LogP contribution in [0.5, 0.6) is 5.75 Å². The fourth-order valence-corrected chi connectivity index (χ4v) is 1.50. The topological polar surface area (TPSA) is 38.3 Å². The van der Waals surface area contributed by atoms with Gasteiger partial charge in [0.2, 0.25) is 0 Å². The normalized spacial score (nSPS) is 19.1. The summed E-state index contributed by atoms with van der Waals surface area (Å²) in [6.07, 6.45) is 0.157. The van der Waals surface area contributed by atoms with Crippen LogP contribution in [-0.2, 0) is 0 Å². The Hall–Kier alpha value is -1.51. The number of rotatable bonds is 1. The van der Waals surface area contributed by atoms with E-state index in [-0.39, 0.29) is 11.9 Å². The summed E-state index contributed by atoms with van der Waals surface area (Å²) in [6, 6.07) is 5.49. The third kappa shape index (κ3) is 1.58. The van der Waals surface area contributed by atoms with Crippen molar-refractivity contribution >= 4 is 11.5 Å². The number of benzene rings is 1. The van der Waals surface area contributed by atoms with Crippen LogP contribution in [0.4, 0.5) is 5.69 Å². The summed E-state index contributed by atoms with van der Waals surface area (Å²) in [5.74, 6) is 0.839. The van der Waals surface area contributed by atoms with E-state index in [1.54, 1.807) is 13.0 Å². The number of fused-ring (bicyclic) bond motifs is 1. The van der Waals surface area contributed by atoms with Gasteiger partial charge in [-0.2, -0.15) is 0 Å². The lowest BCUT2D eigenvalue weighted by Gasteiger charge is -2.24. The Labute approximate surface area is 83.1 Å². The molecule has 1 heterocycles. The molecule has 1 unspecified atom stereocenters. The molecule has 1 aromatic rings. The first-order valence-electron chi connectivity index (χ1n) is 4.72. The molecule has 2 rings (SSSR count). The highest BCUT2D eigenvalue weighted by molar-refractivity contribution is 5.95. The van der Waals surface area contributed by atoms with Crippen LogP contribution in [0, 0.1) is 0 Å². The Morgan fingerprint density at radius 1 is 1.57 bits per heavy atom. The lowest BCUT2D eigenvalue weighted by atomic mass is 10.1. The van der Waals surface area contributed by atoms with Crippen LogP contribution in [0.1, 0.15) is 24.2 Å². The minimum atomic E-state index is 0.0645. The molecule has 0 aliphatic carbocycles. The number of ether oxygens (including phenoxy) is 1. The van der Waals surface area contributed by atoms with E-state index in [1.165, 1.54) is 0 Å². The van der Waals surface area contributed by atoms with Crippen molar-refractivity contribution in [3.05, 3.63) is 23.8 Å². The van der Waals surface area contributed by atoms with Crippen molar-refractivity contribution in [2.45, 2.75) is 20.0 Å². The maximum atomic E-state index is 11.1. The zero-order chi connectivity index (χ0) is 10.1. The molecule has 0 saturated heterocycles. The third-order valence-corrected chi connectivity index (χ3v) is 2.30. The van der Waals surface area contributed by atoms with Crippen LogP contribution < -0.4 is 10.1 Å². The van der Waals surface area contributed by atoms with E-state index in [4.69, 9.17) is 4.74 Å². The summed E-state index contributed by atoms with van der Waals surface area (Å²) in [4.78, 5) is 11.1. The maximum absolute atomic E-state index is 11.1. The highest BCUT2D eigenvalue weighted by Gasteiger charge is 2.15. The van der Waals surface area contributed by atoms with Crippen LogP contribution in [0.2, 0.25) is 0 Å². The number of ketones is 1. The van der Waals surface area contributed by atoms with Crippen molar-refractivity contribution in [1.82, 2.24) is 0 Å². The van der Waals surface area contributed by atoms with Crippen molar-refractivity contribution in [1.29, 1.82) is 0 Å². The molecule has 1 aliphatic rings. The van der Waals surface area contributed by atoms with Gasteiger partial charge in [0, 0.05) is 5.56 Å². The first-order valence-corrected chi connectivity index (χ1v) is 4.72. The smallest absolute Gasteiger partial charge is 0.159 e. The van der Waals surface area contributed by atoms with E-state index in [1.807, 2.05) is 19.1 Å². The molecule has 14 heavy (non-hydrogen) atoms. The Kier molecular flexibility index (Phi) is 2.15. The van der Waals surface area contributed by atoms with Gasteiger partial charge in [0.1, 0.15) is 11.9 Å². The molecule has 0 radical (unpaired) electrons. The third-order valence-electron chi connectivity index (χ3n) is 2.30. The highest BCUT2D eigenvalue weighted by Crippen LogP contribution is 2.29. The van der Waals surface area contributed by atoms with Gasteiger partial charge in [0.15, 0.2) is 5.78 Å². The number of anilines is 1. The molecule has 0 spiro atoms. The van der Waals surface area contributed by atoms with Crippen molar-refractivity contribution in [3.63, 3.8) is 0 Å². The van der Waals surface area contributed by atoms with Crippen LogP contribution in [0.25, 0.3) is 0 Å². The molecule has 0 fully saturated rings. The van der Waals surface area contributed by atoms with E-state index < -0.39 is 0 Å². The van der Waals surface area contributed by atoms with Crippen molar-refractivity contribution < 1.29 is 9.53 Å². The SMILES string of the molecule is CC(=O)c1ccc2c(c1)OC(C)CN2. The van der Waals surface area contributed by atoms with Crippen LogP contribution in [-0.4, -0.2) is 18.4 Å². The Morgan fingerprint density at radius 3 is 3.07 bits per heavy atom. The van der Waals surface area contributed by atoms with Gasteiger partial charge in [-0.05, 0) is 32.0 Å². The molecular formula is C11H13NO2. The first-order chi connectivity index (χ1) is 6.66. The number of nitrogens with one attached hydrogen (secondary N) is 1. The monoisotopic (exact) mass is 191 g/mol. The van der Waals surface area contributed by atoms with Crippen molar-refractivity contribution in [2.75, 3.05) is 11.9 Å². The molecule has 0 amide bonds.